The number of piperidine rings is 1. The summed E-state index contributed by atoms with van der Waals surface area (Å²) in [6.45, 7) is 2.03. The topological polar surface area (TPSA) is 90.5 Å². The van der Waals surface area contributed by atoms with Crippen LogP contribution in [0.3, 0.4) is 0 Å². The highest BCUT2D eigenvalue weighted by Crippen LogP contribution is 2.60. The molecule has 2 heterocycles. The van der Waals surface area contributed by atoms with Crippen LogP contribution in [0.25, 0.3) is 5.57 Å². The lowest BCUT2D eigenvalue weighted by Crippen LogP contribution is -2.69. The minimum atomic E-state index is -0.867. The Balaban J connectivity index is 1.23. The highest BCUT2D eigenvalue weighted by molar-refractivity contribution is 5.99. The Morgan fingerprint density at radius 1 is 1.06 bits per heavy atom. The lowest BCUT2D eigenvalue weighted by atomic mass is 9.48. The fourth-order valence-corrected chi connectivity index (χ4v) is 8.02. The van der Waals surface area contributed by atoms with E-state index < -0.39 is 11.0 Å². The standard InChI is InChI=1S/C28H37N3O3/c32-24-21-11-18-12-22(24)16-27(14-18,15-21)26(34)31-28(8-4-9-29-17-28)25(33)23-13-20(7-10-30-23)19-5-2-1-3-6-19/h1-3,5-7,18,21-24,29-30,32H,4,8-17H2,(H,31,34)/t18?,21?,22?,23?,24?,27?,28-/m0/s1. The number of aliphatic hydroxyl groups is 1. The van der Waals surface area contributed by atoms with Gasteiger partial charge in [-0.1, -0.05) is 36.4 Å². The average Bonchev–Trinajstić information content (AvgIpc) is 2.87. The summed E-state index contributed by atoms with van der Waals surface area (Å²) in [6.07, 6.45) is 8.69. The van der Waals surface area contributed by atoms with Crippen LogP contribution in [0.1, 0.15) is 56.9 Å². The van der Waals surface area contributed by atoms with Crippen molar-refractivity contribution >= 4 is 17.3 Å². The molecule has 34 heavy (non-hydrogen) atoms. The summed E-state index contributed by atoms with van der Waals surface area (Å²) < 4.78 is 0. The molecule has 6 aliphatic rings. The minimum absolute atomic E-state index is 0.0606. The summed E-state index contributed by atoms with van der Waals surface area (Å²) in [5.41, 5.74) is 1.08. The summed E-state index contributed by atoms with van der Waals surface area (Å²) >= 11 is 0. The van der Waals surface area contributed by atoms with Gasteiger partial charge in [-0.05, 0) is 86.8 Å². The fraction of sp³-hybridized carbons (Fsp3) is 0.643. The Kier molecular flexibility index (Phi) is 5.66. The molecular formula is C28H37N3O3. The fourth-order valence-electron chi connectivity index (χ4n) is 8.02. The SMILES string of the molecule is O=C(N[C@@]1(C(=O)C2CC(c3ccccc3)=CCN2)CCCNC1)C12CC3CC(C1)C(O)C(C3)C2. The quantitative estimate of drug-likeness (QED) is 0.539. The first kappa shape index (κ1) is 22.4. The molecule has 1 aromatic rings. The van der Waals surface area contributed by atoms with Crippen LogP contribution < -0.4 is 16.0 Å². The van der Waals surface area contributed by atoms with Crippen molar-refractivity contribution in [3.05, 3.63) is 42.0 Å². The van der Waals surface area contributed by atoms with Gasteiger partial charge in [0, 0.05) is 13.1 Å². The van der Waals surface area contributed by atoms with Crippen LogP contribution in [0.5, 0.6) is 0 Å². The summed E-state index contributed by atoms with van der Waals surface area (Å²) in [6, 6.07) is 9.96. The van der Waals surface area contributed by atoms with Gasteiger partial charge in [0.15, 0.2) is 5.78 Å². The average molecular weight is 464 g/mol. The molecule has 1 amide bonds. The van der Waals surface area contributed by atoms with E-state index in [2.05, 4.69) is 34.2 Å². The Morgan fingerprint density at radius 2 is 1.82 bits per heavy atom. The molecule has 4 saturated carbocycles. The first-order chi connectivity index (χ1) is 16.5. The molecule has 0 spiro atoms. The summed E-state index contributed by atoms with van der Waals surface area (Å²) in [5.74, 6) is 1.20. The van der Waals surface area contributed by atoms with Crippen molar-refractivity contribution in [3.63, 3.8) is 0 Å². The maximum Gasteiger partial charge on any atom is 0.227 e. The van der Waals surface area contributed by atoms with E-state index in [9.17, 15) is 14.7 Å². The van der Waals surface area contributed by atoms with E-state index in [-0.39, 0.29) is 35.7 Å². The molecule has 1 aromatic carbocycles. The second kappa shape index (κ2) is 8.58. The number of Topliss-reactive ketones (excluding diaryl/α,β-unsaturated/α-hetero) is 1. The minimum Gasteiger partial charge on any atom is -0.393 e. The van der Waals surface area contributed by atoms with Gasteiger partial charge in [-0.15, -0.1) is 0 Å². The van der Waals surface area contributed by atoms with Crippen LogP contribution in [-0.2, 0) is 9.59 Å². The van der Waals surface area contributed by atoms with Crippen LogP contribution in [0.4, 0.5) is 0 Å². The summed E-state index contributed by atoms with van der Waals surface area (Å²) in [7, 11) is 0. The number of carbonyl (C=O) groups is 2. The van der Waals surface area contributed by atoms with Gasteiger partial charge in [0.2, 0.25) is 5.91 Å². The number of ketones is 1. The van der Waals surface area contributed by atoms with E-state index in [1.54, 1.807) is 0 Å². The molecule has 4 aliphatic carbocycles. The van der Waals surface area contributed by atoms with Gasteiger partial charge in [-0.3, -0.25) is 9.59 Å². The third kappa shape index (κ3) is 3.75. The zero-order valence-electron chi connectivity index (χ0n) is 19.9. The second-order valence-corrected chi connectivity index (χ2v) is 11.7. The molecule has 5 fully saturated rings. The Bertz CT molecular complexity index is 968. The third-order valence-corrected chi connectivity index (χ3v) is 9.51. The smallest absolute Gasteiger partial charge is 0.227 e. The molecule has 1 saturated heterocycles. The first-order valence-electron chi connectivity index (χ1n) is 13.2. The van der Waals surface area contributed by atoms with Crippen molar-refractivity contribution in [2.24, 2.45) is 23.2 Å². The van der Waals surface area contributed by atoms with E-state index in [0.29, 0.717) is 31.8 Å². The van der Waals surface area contributed by atoms with Crippen LogP contribution >= 0.6 is 0 Å². The second-order valence-electron chi connectivity index (χ2n) is 11.7. The number of benzene rings is 1. The molecule has 3 unspecified atom stereocenters. The molecule has 4 N–H and O–H groups in total. The van der Waals surface area contributed by atoms with Crippen LogP contribution in [0.2, 0.25) is 0 Å². The summed E-state index contributed by atoms with van der Waals surface area (Å²) in [5, 5.41) is 20.9. The van der Waals surface area contributed by atoms with Gasteiger partial charge in [-0.25, -0.2) is 0 Å². The third-order valence-electron chi connectivity index (χ3n) is 9.51. The highest BCUT2D eigenvalue weighted by atomic mass is 16.3. The zero-order valence-corrected chi connectivity index (χ0v) is 19.9. The molecule has 2 aliphatic heterocycles. The highest BCUT2D eigenvalue weighted by Gasteiger charge is 2.59. The predicted octanol–water partition coefficient (Wildman–Crippen LogP) is 2.43. The van der Waals surface area contributed by atoms with Crippen molar-refractivity contribution < 1.29 is 14.7 Å². The molecule has 6 nitrogen and oxygen atoms in total. The number of rotatable bonds is 5. The predicted molar refractivity (Wildman–Crippen MR) is 131 cm³/mol. The number of aliphatic hydroxyl groups excluding tert-OH is 1. The van der Waals surface area contributed by atoms with Gasteiger partial charge in [0.25, 0.3) is 0 Å². The van der Waals surface area contributed by atoms with Crippen LogP contribution in [-0.4, -0.2) is 54.1 Å². The van der Waals surface area contributed by atoms with Gasteiger partial charge in [0.05, 0.1) is 17.6 Å². The maximum absolute atomic E-state index is 14.1. The monoisotopic (exact) mass is 463 g/mol. The van der Waals surface area contributed by atoms with Gasteiger partial charge >= 0.3 is 0 Å². The molecular weight excluding hydrogens is 426 g/mol. The molecule has 0 aromatic heterocycles. The van der Waals surface area contributed by atoms with Crippen molar-refractivity contribution in [3.8, 4) is 0 Å². The largest absolute Gasteiger partial charge is 0.393 e. The molecule has 7 rings (SSSR count). The van der Waals surface area contributed by atoms with Crippen molar-refractivity contribution in [1.82, 2.24) is 16.0 Å². The molecule has 0 radical (unpaired) electrons. The lowest BCUT2D eigenvalue weighted by Gasteiger charge is -2.58. The number of amides is 1. The number of hydrogen-bond acceptors (Lipinski definition) is 5. The van der Waals surface area contributed by atoms with Gasteiger partial charge < -0.3 is 21.1 Å². The van der Waals surface area contributed by atoms with Crippen molar-refractivity contribution in [2.45, 2.75) is 69.1 Å². The van der Waals surface area contributed by atoms with Crippen LogP contribution in [0, 0.1) is 23.2 Å². The lowest BCUT2D eigenvalue weighted by molar-refractivity contribution is -0.166. The maximum atomic E-state index is 14.1. The summed E-state index contributed by atoms with van der Waals surface area (Å²) in [4.78, 5) is 28.0. The Labute approximate surface area is 202 Å². The van der Waals surface area contributed by atoms with Crippen molar-refractivity contribution in [2.75, 3.05) is 19.6 Å². The molecule has 182 valence electrons. The number of nitrogens with one attached hydrogen (secondary N) is 3. The van der Waals surface area contributed by atoms with E-state index in [4.69, 9.17) is 0 Å². The normalized spacial score (nSPS) is 41.1. The number of hydrogen-bond donors (Lipinski definition) is 4. The van der Waals surface area contributed by atoms with E-state index in [0.717, 1.165) is 50.6 Å². The zero-order chi connectivity index (χ0) is 23.3. The number of carbonyl (C=O) groups excluding carboxylic acids is 2. The molecule has 6 heteroatoms. The molecule has 4 bridgehead atoms. The van der Waals surface area contributed by atoms with E-state index >= 15 is 0 Å². The van der Waals surface area contributed by atoms with E-state index in [1.807, 2.05) is 18.2 Å². The molecule has 4 atom stereocenters. The van der Waals surface area contributed by atoms with Crippen molar-refractivity contribution in [1.29, 1.82) is 0 Å². The Hall–Kier alpha value is -2.02. The van der Waals surface area contributed by atoms with E-state index in [1.165, 1.54) is 5.57 Å². The van der Waals surface area contributed by atoms with Crippen LogP contribution in [0.15, 0.2) is 36.4 Å². The first-order valence-corrected chi connectivity index (χ1v) is 13.2. The Morgan fingerprint density at radius 3 is 2.53 bits per heavy atom. The van der Waals surface area contributed by atoms with Gasteiger partial charge in [0.1, 0.15) is 5.54 Å². The van der Waals surface area contributed by atoms with Gasteiger partial charge in [-0.2, -0.15) is 0 Å².